The number of nitrogens with zero attached hydrogens (tertiary/aromatic N) is 2. The molecule has 0 saturated carbocycles. The quantitative estimate of drug-likeness (QED) is 0.410. The van der Waals surface area contributed by atoms with E-state index in [4.69, 9.17) is 10.8 Å². The largest absolute Gasteiger partial charge is 1.00 e. The topological polar surface area (TPSA) is 117 Å². The van der Waals surface area contributed by atoms with Crippen LogP contribution >= 0.6 is 0 Å². The molecule has 0 fully saturated rings. The van der Waals surface area contributed by atoms with E-state index in [9.17, 15) is 9.59 Å². The molecule has 26 heavy (non-hydrogen) atoms. The maximum absolute atomic E-state index is 12.2. The Morgan fingerprint density at radius 3 is 2.38 bits per heavy atom. The van der Waals surface area contributed by atoms with Crippen LogP contribution in [0.5, 0.6) is 0 Å². The molecule has 0 aliphatic carbocycles. The molecule has 0 aliphatic rings. The molecule has 0 saturated heterocycles. The standard InChI is InChI=1S/C17H17N5O3.ClH/c1-21-8-11(7-13(21)17(24)25)10-3-5-12(6-4-10)19-16(23)15-20-14(18)9-22(15)2;/h3-9H,18H2,1-2H3,(H2,19,23,24,25);1H. The van der Waals surface area contributed by atoms with Gasteiger partial charge in [-0.15, -0.1) is 0 Å². The number of aromatic nitrogens is 3. The number of rotatable bonds is 4. The molecule has 2 heterocycles. The summed E-state index contributed by atoms with van der Waals surface area (Å²) >= 11 is 0. The maximum Gasteiger partial charge on any atom is 0.352 e. The van der Waals surface area contributed by atoms with Gasteiger partial charge in [0, 0.05) is 24.5 Å². The predicted octanol–water partition coefficient (Wildman–Crippen LogP) is -1.62. The number of carboxylic acids is 1. The molecule has 136 valence electrons. The average molecular weight is 376 g/mol. The zero-order chi connectivity index (χ0) is 18.1. The Bertz CT molecular complexity index is 959. The molecule has 0 atom stereocenters. The van der Waals surface area contributed by atoms with Crippen molar-refractivity contribution in [1.29, 1.82) is 0 Å². The number of nitrogen functional groups attached to an aromatic ring is 1. The third-order valence-electron chi connectivity index (χ3n) is 3.86. The van der Waals surface area contributed by atoms with Gasteiger partial charge in [0.25, 0.3) is 0 Å². The van der Waals surface area contributed by atoms with Gasteiger partial charge in [0.05, 0.1) is 7.05 Å². The lowest BCUT2D eigenvalue weighted by atomic mass is 10.1. The molecule has 8 nitrogen and oxygen atoms in total. The number of benzene rings is 1. The van der Waals surface area contributed by atoms with E-state index in [1.807, 2.05) is 12.1 Å². The molecule has 3 rings (SSSR count). The maximum atomic E-state index is 12.2. The monoisotopic (exact) mass is 375 g/mol. The molecule has 0 unspecified atom stereocenters. The van der Waals surface area contributed by atoms with Gasteiger partial charge in [0.2, 0.25) is 5.82 Å². The lowest BCUT2D eigenvalue weighted by Crippen LogP contribution is -3.00. The number of carboxylic acid groups (broad SMARTS) is 1. The zero-order valence-electron chi connectivity index (χ0n) is 14.2. The van der Waals surface area contributed by atoms with Gasteiger partial charge in [-0.25, -0.2) is 14.3 Å². The first-order valence-corrected chi connectivity index (χ1v) is 7.50. The first kappa shape index (κ1) is 19.1. The highest BCUT2D eigenvalue weighted by atomic mass is 35.5. The average Bonchev–Trinajstić information content (AvgIpc) is 3.10. The van der Waals surface area contributed by atoms with Crippen molar-refractivity contribution in [1.82, 2.24) is 9.55 Å². The highest BCUT2D eigenvalue weighted by molar-refractivity contribution is 6.01. The minimum atomic E-state index is -0.976. The zero-order valence-corrected chi connectivity index (χ0v) is 14.9. The van der Waals surface area contributed by atoms with Crippen LogP contribution in [0.2, 0.25) is 0 Å². The minimum Gasteiger partial charge on any atom is -1.00 e. The van der Waals surface area contributed by atoms with Crippen molar-refractivity contribution in [2.75, 3.05) is 11.1 Å². The fourth-order valence-electron chi connectivity index (χ4n) is 2.62. The van der Waals surface area contributed by atoms with Gasteiger partial charge >= 0.3 is 17.7 Å². The van der Waals surface area contributed by atoms with Gasteiger partial charge < -0.3 is 33.1 Å². The van der Waals surface area contributed by atoms with Gasteiger partial charge in [-0.1, -0.05) is 12.1 Å². The number of nitrogens with one attached hydrogen (secondary N) is 2. The second kappa shape index (κ2) is 7.32. The molecule has 0 bridgehead atoms. The van der Waals surface area contributed by atoms with Crippen LogP contribution in [0.1, 0.15) is 21.1 Å². The highest BCUT2D eigenvalue weighted by Crippen LogP contribution is 2.23. The smallest absolute Gasteiger partial charge is 0.352 e. The van der Waals surface area contributed by atoms with Crippen molar-refractivity contribution >= 4 is 23.4 Å². The second-order valence-corrected chi connectivity index (χ2v) is 5.73. The summed E-state index contributed by atoms with van der Waals surface area (Å²) in [5.41, 5.74) is 8.11. The first-order valence-electron chi connectivity index (χ1n) is 7.50. The summed E-state index contributed by atoms with van der Waals surface area (Å²) in [5.74, 6) is -0.535. The second-order valence-electron chi connectivity index (χ2n) is 5.73. The van der Waals surface area contributed by atoms with E-state index in [-0.39, 0.29) is 24.0 Å². The number of H-pyrrole nitrogens is 1. The van der Waals surface area contributed by atoms with Crippen molar-refractivity contribution in [3.63, 3.8) is 0 Å². The highest BCUT2D eigenvalue weighted by Gasteiger charge is 2.20. The molecule has 0 radical (unpaired) electrons. The van der Waals surface area contributed by atoms with E-state index in [2.05, 4.69) is 10.3 Å². The molecule has 1 amide bonds. The Labute approximate surface area is 155 Å². The number of aromatic amines is 1. The normalized spacial score (nSPS) is 10.2. The van der Waals surface area contributed by atoms with Gasteiger partial charge in [0.15, 0.2) is 6.20 Å². The molecule has 0 aliphatic heterocycles. The Hall–Kier alpha value is -3.26. The number of imidazole rings is 1. The number of carbonyl (C=O) groups is 2. The molecular formula is C17H18ClN5O3. The molecule has 5 N–H and O–H groups in total. The van der Waals surface area contributed by atoms with Crippen LogP contribution in [0.4, 0.5) is 11.5 Å². The number of anilines is 2. The van der Waals surface area contributed by atoms with Crippen molar-refractivity contribution in [3.8, 4) is 11.1 Å². The Morgan fingerprint density at radius 1 is 1.23 bits per heavy atom. The van der Waals surface area contributed by atoms with E-state index >= 15 is 0 Å². The number of amides is 1. The number of aromatic carboxylic acids is 1. The van der Waals surface area contributed by atoms with E-state index in [0.717, 1.165) is 11.1 Å². The molecule has 9 heteroatoms. The number of nitrogens with two attached hydrogens (primary N) is 1. The van der Waals surface area contributed by atoms with Crippen LogP contribution in [0.15, 0.2) is 42.7 Å². The summed E-state index contributed by atoms with van der Waals surface area (Å²) in [6.45, 7) is 0. The Morgan fingerprint density at radius 2 is 1.88 bits per heavy atom. The summed E-state index contributed by atoms with van der Waals surface area (Å²) in [4.78, 5) is 26.2. The summed E-state index contributed by atoms with van der Waals surface area (Å²) in [5, 5.41) is 11.9. The number of aryl methyl sites for hydroxylation is 2. The lowest BCUT2D eigenvalue weighted by molar-refractivity contribution is -0.671. The van der Waals surface area contributed by atoms with Crippen LogP contribution < -0.4 is 28.0 Å². The van der Waals surface area contributed by atoms with Crippen LogP contribution in [0, 0.1) is 0 Å². The third kappa shape index (κ3) is 3.70. The van der Waals surface area contributed by atoms with E-state index in [1.165, 1.54) is 0 Å². The molecule has 3 aromatic rings. The number of hydrogen-bond acceptors (Lipinski definition) is 3. The number of hydrogen-bond donors (Lipinski definition) is 4. The molecular weight excluding hydrogens is 358 g/mol. The minimum absolute atomic E-state index is 0. The number of carbonyl (C=O) groups excluding carboxylic acids is 1. The van der Waals surface area contributed by atoms with Gasteiger partial charge in [0.1, 0.15) is 5.69 Å². The SMILES string of the molecule is Cn1cc(-c2ccc(NC(=O)c3[nH]c(N)c[n+]3C)cc2)cc1C(=O)O.[Cl-]. The van der Waals surface area contributed by atoms with Crippen LogP contribution in [-0.2, 0) is 14.1 Å². The number of halogens is 1. The Balaban J connectivity index is 0.00000243. The van der Waals surface area contributed by atoms with Gasteiger partial charge in [-0.3, -0.25) is 4.79 Å². The predicted molar refractivity (Wildman–Crippen MR) is 92.1 cm³/mol. The van der Waals surface area contributed by atoms with Crippen LogP contribution in [0.3, 0.4) is 0 Å². The van der Waals surface area contributed by atoms with E-state index in [0.29, 0.717) is 17.3 Å². The summed E-state index contributed by atoms with van der Waals surface area (Å²) < 4.78 is 3.17. The van der Waals surface area contributed by atoms with Crippen LogP contribution in [0.25, 0.3) is 11.1 Å². The molecule has 0 spiro atoms. The van der Waals surface area contributed by atoms with Crippen molar-refractivity contribution in [2.24, 2.45) is 14.1 Å². The van der Waals surface area contributed by atoms with Gasteiger partial charge in [-0.2, -0.15) is 0 Å². The van der Waals surface area contributed by atoms with Crippen LogP contribution in [-0.4, -0.2) is 26.5 Å². The van der Waals surface area contributed by atoms with Crippen molar-refractivity contribution in [3.05, 3.63) is 54.2 Å². The first-order chi connectivity index (χ1) is 11.8. The summed E-state index contributed by atoms with van der Waals surface area (Å²) in [6, 6.07) is 8.76. The fourth-order valence-corrected chi connectivity index (χ4v) is 2.62. The van der Waals surface area contributed by atoms with E-state index in [1.54, 1.807) is 53.8 Å². The summed E-state index contributed by atoms with van der Waals surface area (Å²) in [7, 11) is 3.41. The molecule has 2 aromatic heterocycles. The van der Waals surface area contributed by atoms with Crippen molar-refractivity contribution < 1.29 is 31.7 Å². The molecule has 1 aromatic carbocycles. The Kier molecular flexibility index (Phi) is 5.37. The lowest BCUT2D eigenvalue weighted by Gasteiger charge is -2.04. The van der Waals surface area contributed by atoms with E-state index < -0.39 is 5.97 Å². The third-order valence-corrected chi connectivity index (χ3v) is 3.86. The van der Waals surface area contributed by atoms with Gasteiger partial charge in [-0.05, 0) is 23.8 Å². The van der Waals surface area contributed by atoms with Crippen molar-refractivity contribution in [2.45, 2.75) is 0 Å². The summed E-state index contributed by atoms with van der Waals surface area (Å²) in [6.07, 6.45) is 3.37. The fraction of sp³-hybridized carbons (Fsp3) is 0.118.